The van der Waals surface area contributed by atoms with Crippen LogP contribution in [0, 0.1) is 0 Å². The lowest BCUT2D eigenvalue weighted by atomic mass is 10.7. The van der Waals surface area contributed by atoms with Gasteiger partial charge in [-0.25, -0.2) is 4.98 Å². The minimum atomic E-state index is -2.44. The molecule has 9 heavy (non-hydrogen) atoms. The Labute approximate surface area is 71.9 Å². The smallest absolute Gasteiger partial charge is 0.124 e. The van der Waals surface area contributed by atoms with Crippen LogP contribution in [0.3, 0.4) is 0 Å². The summed E-state index contributed by atoms with van der Waals surface area (Å²) in [6, 6.07) is -2.30. The molecule has 1 aliphatic carbocycles. The van der Waals surface area contributed by atoms with Crippen molar-refractivity contribution in [3.63, 3.8) is 0 Å². The highest BCUT2D eigenvalue weighted by Gasteiger charge is 2.22. The molecule has 0 saturated heterocycles. The maximum Gasteiger partial charge on any atom is 0.124 e. The first-order valence-electron chi connectivity index (χ1n) is 5.81. The van der Waals surface area contributed by atoms with Gasteiger partial charge in [-0.05, 0) is 28.7 Å². The highest BCUT2D eigenvalue weighted by Crippen LogP contribution is 2.34. The molecule has 1 saturated carbocycles. The zero-order valence-corrected chi connectivity index (χ0v) is 5.86. The predicted molar refractivity (Wildman–Crippen MR) is 38.2 cm³/mol. The molecule has 3 heteroatoms. The van der Waals surface area contributed by atoms with Gasteiger partial charge < -0.3 is 4.57 Å². The average molecular weight is 194 g/mol. The van der Waals surface area contributed by atoms with Crippen molar-refractivity contribution in [2.24, 2.45) is 0 Å². The van der Waals surface area contributed by atoms with Crippen LogP contribution in [0.4, 0.5) is 0 Å². The molecule has 0 radical (unpaired) electrons. The van der Waals surface area contributed by atoms with Crippen molar-refractivity contribution in [3.8, 4) is 0 Å². The number of hydrogen-bond donors (Lipinski definition) is 0. The molecule has 1 aromatic heterocycles. The molecule has 1 aromatic rings. The largest absolute Gasteiger partial charge is 0.333 e. The molecule has 0 amide bonds. The maximum absolute atomic E-state index is 7.80. The summed E-state index contributed by atoms with van der Waals surface area (Å²) in [6.07, 6.45) is -5.75. The van der Waals surface area contributed by atoms with E-state index in [1.54, 1.807) is 0 Å². The summed E-state index contributed by atoms with van der Waals surface area (Å²) in [4.78, 5) is 3.55. The number of rotatable bonds is 1. The minimum Gasteiger partial charge on any atom is -0.333 e. The fourth-order valence-electron chi connectivity index (χ4n) is 0.482. The molecular formula is C6H7BrN2. The first-order chi connectivity index (χ1) is 7.09. The second-order valence-electron chi connectivity index (χ2n) is 1.55. The summed E-state index contributed by atoms with van der Waals surface area (Å²) in [5.74, 6) is 0. The van der Waals surface area contributed by atoms with E-state index in [1.165, 1.54) is 0 Å². The van der Waals surface area contributed by atoms with Gasteiger partial charge in [0.25, 0.3) is 0 Å². The second-order valence-corrected chi connectivity index (χ2v) is 2.30. The van der Waals surface area contributed by atoms with Gasteiger partial charge in [0.15, 0.2) is 0 Å². The fourth-order valence-corrected chi connectivity index (χ4v) is 0.738. The lowest BCUT2D eigenvalue weighted by molar-refractivity contribution is 0.740. The van der Waals surface area contributed by atoms with Crippen LogP contribution in [0.15, 0.2) is 17.1 Å². The highest BCUT2D eigenvalue weighted by atomic mass is 79.9. The number of hydrogen-bond acceptors (Lipinski definition) is 1. The van der Waals surface area contributed by atoms with E-state index in [0.29, 0.717) is 4.57 Å². The molecule has 1 fully saturated rings. The van der Waals surface area contributed by atoms with Gasteiger partial charge in [0, 0.05) is 17.7 Å². The van der Waals surface area contributed by atoms with Crippen molar-refractivity contribution in [3.05, 3.63) is 17.1 Å². The lowest BCUT2D eigenvalue weighted by Gasteiger charge is -1.91. The molecule has 1 heterocycles. The lowest BCUT2D eigenvalue weighted by Crippen LogP contribution is -1.85. The van der Waals surface area contributed by atoms with E-state index < -0.39 is 25.1 Å². The third-order valence-electron chi connectivity index (χ3n) is 0.913. The van der Waals surface area contributed by atoms with E-state index in [9.17, 15) is 0 Å². The standard InChI is InChI=1S/C6H7BrN2/c7-6-3-9(4-8-6)5-1-2-5/h3-5H,1-2H2/i1D2,2D2,3D,4D,5D. The van der Waals surface area contributed by atoms with Crippen LogP contribution < -0.4 is 0 Å². The van der Waals surface area contributed by atoms with Crippen LogP contribution in [0.1, 0.15) is 28.4 Å². The van der Waals surface area contributed by atoms with Crippen molar-refractivity contribution in [1.82, 2.24) is 9.55 Å². The van der Waals surface area contributed by atoms with Crippen LogP contribution in [-0.4, -0.2) is 9.55 Å². The predicted octanol–water partition coefficient (Wildman–Crippen LogP) is 1.98. The Bertz CT molecular complexity index is 454. The van der Waals surface area contributed by atoms with E-state index >= 15 is 0 Å². The Balaban J connectivity index is 2.64. The highest BCUT2D eigenvalue weighted by molar-refractivity contribution is 9.10. The van der Waals surface area contributed by atoms with E-state index in [0.717, 1.165) is 0 Å². The zero-order chi connectivity index (χ0) is 12.5. The monoisotopic (exact) mass is 193 g/mol. The molecule has 2 nitrogen and oxygen atoms in total. The molecule has 2 rings (SSSR count). The van der Waals surface area contributed by atoms with Gasteiger partial charge in [0.2, 0.25) is 0 Å². The molecular weight excluding hydrogens is 180 g/mol. The van der Waals surface area contributed by atoms with Crippen LogP contribution in [0.5, 0.6) is 0 Å². The van der Waals surface area contributed by atoms with Crippen LogP contribution >= 0.6 is 15.9 Å². The Hall–Kier alpha value is -0.310. The Morgan fingerprint density at radius 3 is 3.33 bits per heavy atom. The molecule has 0 N–H and O–H groups in total. The van der Waals surface area contributed by atoms with Gasteiger partial charge in [-0.1, -0.05) is 0 Å². The summed E-state index contributed by atoms with van der Waals surface area (Å²) < 4.78 is 53.1. The van der Waals surface area contributed by atoms with E-state index in [2.05, 4.69) is 20.9 Å². The molecule has 0 unspecified atom stereocenters. The van der Waals surface area contributed by atoms with Gasteiger partial charge in [0.05, 0.1) is 9.04 Å². The van der Waals surface area contributed by atoms with Crippen LogP contribution in [-0.2, 0) is 0 Å². The van der Waals surface area contributed by atoms with Crippen molar-refractivity contribution in [2.45, 2.75) is 18.8 Å². The number of imidazole rings is 1. The first-order valence-corrected chi connectivity index (χ1v) is 3.10. The quantitative estimate of drug-likeness (QED) is 0.668. The van der Waals surface area contributed by atoms with Crippen molar-refractivity contribution in [1.29, 1.82) is 0 Å². The number of nitrogens with zero attached hydrogens (tertiary/aromatic N) is 2. The Kier molecular flexibility index (Phi) is 0.376. The normalized spacial score (nSPS) is 44.3. The molecule has 48 valence electrons. The first kappa shape index (κ1) is 1.84. The van der Waals surface area contributed by atoms with Crippen LogP contribution in [0.25, 0.3) is 0 Å². The minimum absolute atomic E-state index is 0.00243. The molecule has 0 aromatic carbocycles. The van der Waals surface area contributed by atoms with E-state index in [4.69, 9.17) is 9.60 Å². The molecule has 0 bridgehead atoms. The molecule has 0 atom stereocenters. The summed E-state index contributed by atoms with van der Waals surface area (Å²) in [5.41, 5.74) is 0. The summed E-state index contributed by atoms with van der Waals surface area (Å²) in [7, 11) is 0. The molecule has 0 aliphatic heterocycles. The topological polar surface area (TPSA) is 17.8 Å². The summed E-state index contributed by atoms with van der Waals surface area (Å²) >= 11 is 2.89. The third kappa shape index (κ3) is 1.01. The molecule has 0 spiro atoms. The van der Waals surface area contributed by atoms with E-state index in [-0.39, 0.29) is 10.8 Å². The third-order valence-corrected chi connectivity index (χ3v) is 1.27. The second kappa shape index (κ2) is 1.84. The Morgan fingerprint density at radius 1 is 2.11 bits per heavy atom. The summed E-state index contributed by atoms with van der Waals surface area (Å²) in [5, 5.41) is 0. The van der Waals surface area contributed by atoms with E-state index in [1.807, 2.05) is 0 Å². The maximum atomic E-state index is 7.80. The van der Waals surface area contributed by atoms with Crippen molar-refractivity contribution >= 4 is 15.9 Å². The number of halogens is 1. The SMILES string of the molecule is [2H]c1nc(Br)c([2H])n1C1([2H])C([2H])([2H])C1([2H])[2H]. The average Bonchev–Trinajstić information content (AvgIpc) is 2.40. The van der Waals surface area contributed by atoms with Gasteiger partial charge in [-0.15, -0.1) is 0 Å². The summed E-state index contributed by atoms with van der Waals surface area (Å²) in [6.45, 7) is 0. The van der Waals surface area contributed by atoms with Crippen molar-refractivity contribution < 1.29 is 9.60 Å². The van der Waals surface area contributed by atoms with Crippen LogP contribution in [0.2, 0.25) is 0 Å². The Morgan fingerprint density at radius 2 is 2.89 bits per heavy atom. The van der Waals surface area contributed by atoms with Gasteiger partial charge >= 0.3 is 0 Å². The molecule has 1 aliphatic rings. The zero-order valence-electron chi connectivity index (χ0n) is 11.3. The van der Waals surface area contributed by atoms with Crippen molar-refractivity contribution in [2.75, 3.05) is 0 Å². The van der Waals surface area contributed by atoms with Gasteiger partial charge in [-0.3, -0.25) is 0 Å². The van der Waals surface area contributed by atoms with Gasteiger partial charge in [0.1, 0.15) is 5.97 Å². The van der Waals surface area contributed by atoms with Gasteiger partial charge in [-0.2, -0.15) is 0 Å². The number of aromatic nitrogens is 2. The fraction of sp³-hybridized carbons (Fsp3) is 0.500.